The fourth-order valence-electron chi connectivity index (χ4n) is 3.95. The first kappa shape index (κ1) is 12.3. The lowest BCUT2D eigenvalue weighted by molar-refractivity contribution is -1.15. The van der Waals surface area contributed by atoms with Crippen molar-refractivity contribution in [2.24, 2.45) is 0 Å². The maximum absolute atomic E-state index is 11.5. The van der Waals surface area contributed by atoms with Crippen LogP contribution >= 0.6 is 0 Å². The third-order valence-corrected chi connectivity index (χ3v) is 4.77. The molecule has 1 aromatic heterocycles. The van der Waals surface area contributed by atoms with Crippen molar-refractivity contribution in [3.05, 3.63) is 40.2 Å². The Morgan fingerprint density at radius 3 is 3.00 bits per heavy atom. The van der Waals surface area contributed by atoms with Gasteiger partial charge in [0, 0.05) is 23.1 Å². The molecule has 106 valence electrons. The Kier molecular flexibility index (Phi) is 2.65. The van der Waals surface area contributed by atoms with Crippen LogP contribution in [0.4, 0.5) is 0 Å². The summed E-state index contributed by atoms with van der Waals surface area (Å²) in [6.07, 6.45) is 3.11. The summed E-state index contributed by atoms with van der Waals surface area (Å²) >= 11 is 0. The van der Waals surface area contributed by atoms with E-state index in [1.54, 1.807) is 5.01 Å². The Balaban J connectivity index is 1.98. The molecule has 5 nitrogen and oxygen atoms in total. The van der Waals surface area contributed by atoms with Crippen molar-refractivity contribution in [3.63, 3.8) is 0 Å². The Morgan fingerprint density at radius 2 is 2.20 bits per heavy atom. The number of rotatable bonds is 1. The fraction of sp³-hybridized carbons (Fsp3) is 0.467. The molecule has 1 aliphatic carbocycles. The number of hydrogen-bond donors (Lipinski definition) is 2. The smallest absolute Gasteiger partial charge is 0.103 e. The molecule has 1 aliphatic heterocycles. The molecule has 0 bridgehead atoms. The molecule has 2 atom stereocenters. The summed E-state index contributed by atoms with van der Waals surface area (Å²) in [4.78, 5) is 0. The lowest BCUT2D eigenvalue weighted by Gasteiger charge is -2.40. The van der Waals surface area contributed by atoms with Crippen molar-refractivity contribution in [2.75, 3.05) is 6.54 Å². The topological polar surface area (TPSA) is 55.9 Å². The van der Waals surface area contributed by atoms with E-state index in [1.165, 1.54) is 27.7 Å². The summed E-state index contributed by atoms with van der Waals surface area (Å²) in [5.41, 5.74) is 5.18. The molecule has 4 rings (SSSR count). The van der Waals surface area contributed by atoms with Gasteiger partial charge in [0.15, 0.2) is 0 Å². The van der Waals surface area contributed by atoms with Gasteiger partial charge in [-0.15, -0.1) is 10.3 Å². The molecule has 2 heterocycles. The van der Waals surface area contributed by atoms with Gasteiger partial charge in [-0.25, -0.2) is 0 Å². The summed E-state index contributed by atoms with van der Waals surface area (Å²) in [7, 11) is 0. The highest BCUT2D eigenvalue weighted by atomic mass is 16.8. The minimum Gasteiger partial charge on any atom is -0.579 e. The molecule has 2 N–H and O–H groups in total. The number of aryl methyl sites for hydroxylation is 2. The van der Waals surface area contributed by atoms with E-state index in [-0.39, 0.29) is 6.04 Å². The van der Waals surface area contributed by atoms with Crippen molar-refractivity contribution in [1.82, 2.24) is 9.58 Å². The molecule has 1 unspecified atom stereocenters. The summed E-state index contributed by atoms with van der Waals surface area (Å²) in [6, 6.07) is 6.65. The Bertz CT molecular complexity index is 677. The van der Waals surface area contributed by atoms with E-state index in [2.05, 4.69) is 29.7 Å². The van der Waals surface area contributed by atoms with Gasteiger partial charge in [0.2, 0.25) is 0 Å². The number of benzene rings is 1. The predicted octanol–water partition coefficient (Wildman–Crippen LogP) is 1.33. The lowest BCUT2D eigenvalue weighted by atomic mass is 9.90. The van der Waals surface area contributed by atoms with Crippen molar-refractivity contribution >= 4 is 10.9 Å². The van der Waals surface area contributed by atoms with Gasteiger partial charge in [0.05, 0.1) is 6.54 Å². The zero-order valence-corrected chi connectivity index (χ0v) is 11.6. The van der Waals surface area contributed by atoms with Crippen LogP contribution in [0, 0.1) is 12.1 Å². The van der Waals surface area contributed by atoms with Crippen LogP contribution in [0.25, 0.3) is 10.9 Å². The van der Waals surface area contributed by atoms with Crippen molar-refractivity contribution in [3.8, 4) is 0 Å². The van der Waals surface area contributed by atoms with E-state index in [0.29, 0.717) is 6.54 Å². The Labute approximate surface area is 117 Å². The molecule has 0 saturated carbocycles. The third-order valence-electron chi connectivity index (χ3n) is 4.77. The molecule has 0 fully saturated rings. The monoisotopic (exact) mass is 273 g/mol. The van der Waals surface area contributed by atoms with Crippen LogP contribution in [0.3, 0.4) is 0 Å². The second-order valence-electron chi connectivity index (χ2n) is 5.92. The molecule has 0 amide bonds. The van der Waals surface area contributed by atoms with E-state index in [4.69, 9.17) is 0 Å². The van der Waals surface area contributed by atoms with Crippen LogP contribution in [-0.4, -0.2) is 21.3 Å². The molecule has 2 aromatic rings. The molecule has 2 aliphatic rings. The summed E-state index contributed by atoms with van der Waals surface area (Å²) in [6.45, 7) is 3.49. The van der Waals surface area contributed by atoms with E-state index >= 15 is 0 Å². The number of quaternary nitrogens is 1. The van der Waals surface area contributed by atoms with Gasteiger partial charge in [0.25, 0.3) is 0 Å². The molecular formula is C15H19N3O2. The number of hydrogen-bond acceptors (Lipinski definition) is 3. The van der Waals surface area contributed by atoms with Gasteiger partial charge in [-0.05, 0) is 43.9 Å². The summed E-state index contributed by atoms with van der Waals surface area (Å²) < 4.78 is 2.35. The van der Waals surface area contributed by atoms with Crippen LogP contribution in [0.5, 0.6) is 0 Å². The average Bonchev–Trinajstić information content (AvgIpc) is 2.75. The van der Waals surface area contributed by atoms with Crippen LogP contribution in [-0.2, 0) is 13.0 Å². The van der Waals surface area contributed by atoms with Crippen LogP contribution in [0.1, 0.15) is 35.7 Å². The Morgan fingerprint density at radius 1 is 1.35 bits per heavy atom. The minimum absolute atomic E-state index is 0.0534. The van der Waals surface area contributed by atoms with E-state index in [0.717, 1.165) is 25.8 Å². The second-order valence-corrected chi connectivity index (χ2v) is 5.92. The zero-order valence-electron chi connectivity index (χ0n) is 11.6. The van der Waals surface area contributed by atoms with Gasteiger partial charge in [-0.1, -0.05) is 11.6 Å². The van der Waals surface area contributed by atoms with Crippen LogP contribution in [0.15, 0.2) is 18.2 Å². The van der Waals surface area contributed by atoms with Crippen molar-refractivity contribution in [1.29, 1.82) is 0 Å². The van der Waals surface area contributed by atoms with E-state index in [9.17, 15) is 10.4 Å². The number of nitrogens with zero attached hydrogens (tertiary/aromatic N) is 2. The van der Waals surface area contributed by atoms with Gasteiger partial charge >= 0.3 is 0 Å². The minimum atomic E-state index is -0.782. The summed E-state index contributed by atoms with van der Waals surface area (Å²) in [5.74, 6) is 0. The number of nitrogens with one attached hydrogen (secondary N) is 1. The third kappa shape index (κ3) is 1.58. The lowest BCUT2D eigenvalue weighted by Crippen LogP contribution is -3.12. The molecule has 5 heteroatoms. The molecular weight excluding hydrogens is 254 g/mol. The second kappa shape index (κ2) is 4.30. The first-order chi connectivity index (χ1) is 9.66. The van der Waals surface area contributed by atoms with Crippen LogP contribution < -0.4 is 5.34 Å². The molecule has 1 aromatic carbocycles. The largest absolute Gasteiger partial charge is 0.579 e. The maximum Gasteiger partial charge on any atom is 0.103 e. The molecule has 0 radical (unpaired) electrons. The molecule has 0 saturated heterocycles. The highest BCUT2D eigenvalue weighted by molar-refractivity contribution is 5.87. The van der Waals surface area contributed by atoms with Gasteiger partial charge < -0.3 is 9.77 Å². The van der Waals surface area contributed by atoms with Crippen molar-refractivity contribution < 1.29 is 10.5 Å². The van der Waals surface area contributed by atoms with Crippen molar-refractivity contribution in [2.45, 2.75) is 38.8 Å². The normalized spacial score (nSPS) is 23.9. The fourth-order valence-corrected chi connectivity index (χ4v) is 3.95. The predicted molar refractivity (Wildman–Crippen MR) is 75.2 cm³/mol. The molecule has 20 heavy (non-hydrogen) atoms. The highest BCUT2D eigenvalue weighted by Gasteiger charge is 2.37. The van der Waals surface area contributed by atoms with Gasteiger partial charge in [0.1, 0.15) is 6.04 Å². The van der Waals surface area contributed by atoms with Gasteiger partial charge in [-0.2, -0.15) is 5.21 Å². The number of aromatic nitrogens is 1. The quantitative estimate of drug-likeness (QED) is 0.771. The number of fused-ring (bicyclic) bond motifs is 3. The molecule has 0 spiro atoms. The SMILES string of the molecule is Cc1ccc2c(c1)c1c3n2CCN([NH+]([O-])O)[C@H]3CCC1. The van der Waals surface area contributed by atoms with Crippen LogP contribution in [0.2, 0.25) is 0 Å². The summed E-state index contributed by atoms with van der Waals surface area (Å²) in [5, 5.41) is 23.0. The Hall–Kier alpha value is -1.40. The van der Waals surface area contributed by atoms with E-state index in [1.807, 2.05) is 0 Å². The zero-order chi connectivity index (χ0) is 13.9. The van der Waals surface area contributed by atoms with Gasteiger partial charge in [-0.3, -0.25) is 0 Å². The van der Waals surface area contributed by atoms with E-state index < -0.39 is 5.34 Å². The maximum atomic E-state index is 11.5. The highest BCUT2D eigenvalue weighted by Crippen LogP contribution is 2.41. The standard InChI is InChI=1S/C15H19N3O2/c1-10-5-6-13-12(9-10)11-3-2-4-14-15(11)16(13)7-8-17(14)18(19)20/h5-6,9,14,18-19H,2-4,7-8H2,1H3/t14-/m0/s1. The average molecular weight is 273 g/mol. The first-order valence-corrected chi connectivity index (χ1v) is 7.28. The first-order valence-electron chi connectivity index (χ1n) is 7.28.